The number of hydrogen-bond donors (Lipinski definition) is 0. The molecule has 0 amide bonds. The molecule has 2 rings (SSSR count). The first-order valence-corrected chi connectivity index (χ1v) is 5.08. The first kappa shape index (κ1) is 15.8. The van der Waals surface area contributed by atoms with E-state index in [1.165, 1.54) is 11.1 Å². The Balaban J connectivity index is 0.00000128. The zero-order chi connectivity index (χ0) is 10.5. The maximum Gasteiger partial charge on any atom is 0.119 e. The van der Waals surface area contributed by atoms with Crippen LogP contribution in [-0.2, 0) is 6.61 Å². The molecule has 0 N–H and O–H groups in total. The first-order chi connectivity index (χ1) is 7.36. The fraction of sp³-hybridized carbons (Fsp3) is 0.143. The topological polar surface area (TPSA) is 9.23 Å². The van der Waals surface area contributed by atoms with Gasteiger partial charge in [-0.2, -0.15) is 0 Å². The van der Waals surface area contributed by atoms with Crippen LogP contribution in [0, 0.1) is 6.92 Å². The number of rotatable bonds is 3. The van der Waals surface area contributed by atoms with Crippen LogP contribution in [0.15, 0.2) is 54.6 Å². The van der Waals surface area contributed by atoms with Crippen molar-refractivity contribution in [1.82, 2.24) is 0 Å². The molecule has 0 unspecified atom stereocenters. The van der Waals surface area contributed by atoms with Gasteiger partial charge in [-0.15, -0.1) is 24.8 Å². The summed E-state index contributed by atoms with van der Waals surface area (Å²) >= 11 is 0. The quantitative estimate of drug-likeness (QED) is 0.803. The molecule has 0 aliphatic heterocycles. The molecule has 0 atom stereocenters. The van der Waals surface area contributed by atoms with Gasteiger partial charge >= 0.3 is 0 Å². The molecule has 0 radical (unpaired) electrons. The zero-order valence-electron chi connectivity index (χ0n) is 9.63. The predicted octanol–water partition coefficient (Wildman–Crippen LogP) is 4.42. The summed E-state index contributed by atoms with van der Waals surface area (Å²) in [5.41, 5.74) is 2.51. The molecular formula is C14H16Cl2O. The summed E-state index contributed by atoms with van der Waals surface area (Å²) in [7, 11) is 0. The summed E-state index contributed by atoms with van der Waals surface area (Å²) in [6, 6.07) is 18.2. The lowest BCUT2D eigenvalue weighted by Crippen LogP contribution is -1.97. The van der Waals surface area contributed by atoms with Gasteiger partial charge in [-0.1, -0.05) is 42.5 Å². The summed E-state index contributed by atoms with van der Waals surface area (Å²) < 4.78 is 5.67. The third-order valence-electron chi connectivity index (χ3n) is 2.40. The van der Waals surface area contributed by atoms with Gasteiger partial charge in [0.05, 0.1) is 0 Å². The number of halogens is 2. The lowest BCUT2D eigenvalue weighted by Gasteiger charge is -2.07. The van der Waals surface area contributed by atoms with Crippen molar-refractivity contribution in [3.8, 4) is 5.75 Å². The molecule has 0 fully saturated rings. The van der Waals surface area contributed by atoms with E-state index in [1.54, 1.807) is 0 Å². The van der Waals surface area contributed by atoms with Crippen LogP contribution in [0.2, 0.25) is 0 Å². The van der Waals surface area contributed by atoms with Crippen molar-refractivity contribution in [3.63, 3.8) is 0 Å². The molecule has 0 bridgehead atoms. The number of ether oxygens (including phenoxy) is 1. The largest absolute Gasteiger partial charge is 0.489 e. The van der Waals surface area contributed by atoms with Crippen LogP contribution >= 0.6 is 24.8 Å². The fourth-order valence-electron chi connectivity index (χ4n) is 1.45. The second-order valence-corrected chi connectivity index (χ2v) is 3.53. The number of hydrogen-bond acceptors (Lipinski definition) is 1. The van der Waals surface area contributed by atoms with Crippen LogP contribution in [0.4, 0.5) is 0 Å². The van der Waals surface area contributed by atoms with Gasteiger partial charge in [0.1, 0.15) is 12.4 Å². The normalized spacial score (nSPS) is 8.76. The Bertz CT molecular complexity index is 429. The second kappa shape index (κ2) is 7.99. The van der Waals surface area contributed by atoms with Crippen molar-refractivity contribution in [1.29, 1.82) is 0 Å². The predicted molar refractivity (Wildman–Crippen MR) is 76.4 cm³/mol. The fourth-order valence-corrected chi connectivity index (χ4v) is 1.45. The van der Waals surface area contributed by atoms with E-state index in [0.29, 0.717) is 6.61 Å². The Morgan fingerprint density at radius 1 is 0.824 bits per heavy atom. The summed E-state index contributed by atoms with van der Waals surface area (Å²) in [5.74, 6) is 0.917. The summed E-state index contributed by atoms with van der Waals surface area (Å²) in [4.78, 5) is 0. The highest BCUT2D eigenvalue weighted by Gasteiger charge is 1.97. The van der Waals surface area contributed by atoms with Crippen molar-refractivity contribution >= 4 is 24.8 Å². The molecule has 2 aromatic carbocycles. The van der Waals surface area contributed by atoms with Gasteiger partial charge in [0, 0.05) is 0 Å². The standard InChI is InChI=1S/C14H14O.2ClH/c1-12-7-5-6-8-13(12)11-15-14-9-3-2-4-10-14;;/h2-10H,11H2,1H3;2*1H. The molecule has 0 heterocycles. The van der Waals surface area contributed by atoms with Gasteiger partial charge in [0.15, 0.2) is 0 Å². The van der Waals surface area contributed by atoms with Crippen molar-refractivity contribution in [2.75, 3.05) is 0 Å². The average Bonchev–Trinajstić information content (AvgIpc) is 2.29. The third-order valence-corrected chi connectivity index (χ3v) is 2.40. The molecule has 0 aliphatic rings. The Labute approximate surface area is 115 Å². The van der Waals surface area contributed by atoms with E-state index in [0.717, 1.165) is 5.75 Å². The minimum Gasteiger partial charge on any atom is -0.489 e. The molecule has 0 saturated carbocycles. The Morgan fingerprint density at radius 3 is 2.06 bits per heavy atom. The van der Waals surface area contributed by atoms with Crippen LogP contribution < -0.4 is 4.74 Å². The summed E-state index contributed by atoms with van der Waals surface area (Å²) in [6.07, 6.45) is 0. The smallest absolute Gasteiger partial charge is 0.119 e. The Hall–Kier alpha value is -1.18. The number of para-hydroxylation sites is 1. The summed E-state index contributed by atoms with van der Waals surface area (Å²) in [5, 5.41) is 0. The lowest BCUT2D eigenvalue weighted by atomic mass is 10.1. The molecule has 3 heteroatoms. The van der Waals surface area contributed by atoms with Gasteiger partial charge in [-0.25, -0.2) is 0 Å². The maximum atomic E-state index is 5.67. The molecule has 0 aromatic heterocycles. The third kappa shape index (κ3) is 4.68. The van der Waals surface area contributed by atoms with Crippen LogP contribution in [0.5, 0.6) is 5.75 Å². The van der Waals surface area contributed by atoms with E-state index in [4.69, 9.17) is 4.74 Å². The van der Waals surface area contributed by atoms with E-state index in [-0.39, 0.29) is 24.8 Å². The van der Waals surface area contributed by atoms with E-state index >= 15 is 0 Å². The van der Waals surface area contributed by atoms with E-state index in [1.807, 2.05) is 42.5 Å². The van der Waals surface area contributed by atoms with Gasteiger partial charge in [0.2, 0.25) is 0 Å². The van der Waals surface area contributed by atoms with Crippen molar-refractivity contribution in [2.45, 2.75) is 13.5 Å². The number of benzene rings is 2. The molecule has 0 spiro atoms. The molecule has 0 saturated heterocycles. The zero-order valence-corrected chi connectivity index (χ0v) is 11.3. The average molecular weight is 271 g/mol. The number of aryl methyl sites for hydroxylation is 1. The van der Waals surface area contributed by atoms with Crippen LogP contribution in [-0.4, -0.2) is 0 Å². The van der Waals surface area contributed by atoms with E-state index in [2.05, 4.69) is 19.1 Å². The minimum absolute atomic E-state index is 0. The van der Waals surface area contributed by atoms with Crippen molar-refractivity contribution < 1.29 is 4.74 Å². The highest BCUT2D eigenvalue weighted by atomic mass is 35.5. The van der Waals surface area contributed by atoms with Gasteiger partial charge in [-0.05, 0) is 30.2 Å². The molecular weight excluding hydrogens is 255 g/mol. The van der Waals surface area contributed by atoms with Crippen LogP contribution in [0.25, 0.3) is 0 Å². The SMILES string of the molecule is Cc1ccccc1COc1ccccc1.Cl.Cl. The van der Waals surface area contributed by atoms with Gasteiger partial charge in [0.25, 0.3) is 0 Å². The monoisotopic (exact) mass is 270 g/mol. The van der Waals surface area contributed by atoms with Crippen molar-refractivity contribution in [3.05, 3.63) is 65.7 Å². The molecule has 2 aromatic rings. The minimum atomic E-state index is 0. The second-order valence-electron chi connectivity index (χ2n) is 3.53. The van der Waals surface area contributed by atoms with Crippen LogP contribution in [0.1, 0.15) is 11.1 Å². The van der Waals surface area contributed by atoms with E-state index < -0.39 is 0 Å². The summed E-state index contributed by atoms with van der Waals surface area (Å²) in [6.45, 7) is 2.74. The van der Waals surface area contributed by atoms with Crippen LogP contribution in [0.3, 0.4) is 0 Å². The molecule has 1 nitrogen and oxygen atoms in total. The van der Waals surface area contributed by atoms with Crippen molar-refractivity contribution in [2.24, 2.45) is 0 Å². The Morgan fingerprint density at radius 2 is 1.41 bits per heavy atom. The molecule has 0 aliphatic carbocycles. The highest BCUT2D eigenvalue weighted by Crippen LogP contribution is 2.13. The maximum absolute atomic E-state index is 5.67. The first-order valence-electron chi connectivity index (χ1n) is 5.08. The Kier molecular flexibility index (Phi) is 7.44. The molecule has 92 valence electrons. The highest BCUT2D eigenvalue weighted by molar-refractivity contribution is 5.85. The lowest BCUT2D eigenvalue weighted by molar-refractivity contribution is 0.305. The van der Waals surface area contributed by atoms with Gasteiger partial charge in [-0.3, -0.25) is 0 Å². The molecule has 17 heavy (non-hydrogen) atoms. The van der Waals surface area contributed by atoms with Gasteiger partial charge < -0.3 is 4.74 Å². The van der Waals surface area contributed by atoms with E-state index in [9.17, 15) is 0 Å².